The zero-order valence-electron chi connectivity index (χ0n) is 13.9. The van der Waals surface area contributed by atoms with Crippen molar-refractivity contribution in [2.24, 2.45) is 0 Å². The first-order valence-corrected chi connectivity index (χ1v) is 8.15. The molecule has 1 aliphatic rings. The van der Waals surface area contributed by atoms with Crippen molar-refractivity contribution in [3.63, 3.8) is 0 Å². The number of fused-ring (bicyclic) bond motifs is 1. The van der Waals surface area contributed by atoms with E-state index in [0.29, 0.717) is 12.2 Å². The molecular formula is C18H18BNO6. The zero-order valence-corrected chi connectivity index (χ0v) is 13.9. The number of rotatable bonds is 6. The molecule has 2 aromatic rings. The van der Waals surface area contributed by atoms with Gasteiger partial charge in [0.25, 0.3) is 0 Å². The summed E-state index contributed by atoms with van der Waals surface area (Å²) in [5.74, 6) is -2.06. The van der Waals surface area contributed by atoms with Gasteiger partial charge in [-0.05, 0) is 23.6 Å². The van der Waals surface area contributed by atoms with Crippen molar-refractivity contribution < 1.29 is 29.1 Å². The van der Waals surface area contributed by atoms with Crippen LogP contribution in [0, 0.1) is 0 Å². The number of benzene rings is 2. The first-order valence-electron chi connectivity index (χ1n) is 8.15. The van der Waals surface area contributed by atoms with Crippen LogP contribution in [-0.2, 0) is 22.6 Å². The zero-order chi connectivity index (χ0) is 18.5. The maximum atomic E-state index is 12.0. The SMILES string of the molecule is O=C(COCc1ccccc1)N[C@H]1Cc2cccc(C(=O)O)c2OB1O. The van der Waals surface area contributed by atoms with Crippen LogP contribution in [0.3, 0.4) is 0 Å². The highest BCUT2D eigenvalue weighted by molar-refractivity contribution is 6.47. The van der Waals surface area contributed by atoms with Crippen molar-refractivity contribution in [2.75, 3.05) is 6.61 Å². The lowest BCUT2D eigenvalue weighted by Crippen LogP contribution is -2.53. The van der Waals surface area contributed by atoms with E-state index >= 15 is 0 Å². The van der Waals surface area contributed by atoms with E-state index in [0.717, 1.165) is 5.56 Å². The molecule has 1 amide bonds. The topological polar surface area (TPSA) is 105 Å². The third-order valence-electron chi connectivity index (χ3n) is 4.04. The number of hydrogen-bond donors (Lipinski definition) is 3. The van der Waals surface area contributed by atoms with E-state index in [1.807, 2.05) is 30.3 Å². The van der Waals surface area contributed by atoms with Crippen LogP contribution in [-0.4, -0.2) is 41.7 Å². The Hall–Kier alpha value is -2.84. The van der Waals surface area contributed by atoms with Crippen LogP contribution in [0.25, 0.3) is 0 Å². The fraction of sp³-hybridized carbons (Fsp3) is 0.222. The van der Waals surface area contributed by atoms with Gasteiger partial charge in [-0.15, -0.1) is 0 Å². The molecule has 8 heteroatoms. The Morgan fingerprint density at radius 3 is 2.69 bits per heavy atom. The monoisotopic (exact) mass is 355 g/mol. The maximum Gasteiger partial charge on any atom is 0.547 e. The fourth-order valence-corrected chi connectivity index (χ4v) is 2.80. The smallest absolute Gasteiger partial charge is 0.534 e. The molecule has 1 heterocycles. The highest BCUT2D eigenvalue weighted by Crippen LogP contribution is 2.30. The molecule has 1 aliphatic heterocycles. The number of carboxylic acid groups (broad SMARTS) is 1. The minimum absolute atomic E-state index is 0.0162. The highest BCUT2D eigenvalue weighted by Gasteiger charge is 2.37. The molecular weight excluding hydrogens is 337 g/mol. The van der Waals surface area contributed by atoms with E-state index < -0.39 is 19.0 Å². The summed E-state index contributed by atoms with van der Waals surface area (Å²) < 4.78 is 10.7. The van der Waals surface area contributed by atoms with Crippen molar-refractivity contribution in [3.05, 3.63) is 65.2 Å². The van der Waals surface area contributed by atoms with Crippen LogP contribution < -0.4 is 9.97 Å². The van der Waals surface area contributed by atoms with Crippen LogP contribution in [0.1, 0.15) is 21.5 Å². The van der Waals surface area contributed by atoms with Crippen LogP contribution in [0.5, 0.6) is 5.75 Å². The first kappa shape index (κ1) is 18.0. The maximum absolute atomic E-state index is 12.0. The largest absolute Gasteiger partial charge is 0.547 e. The second-order valence-electron chi connectivity index (χ2n) is 5.96. The summed E-state index contributed by atoms with van der Waals surface area (Å²) in [4.78, 5) is 23.3. The summed E-state index contributed by atoms with van der Waals surface area (Å²) in [6.45, 7) is 0.156. The van der Waals surface area contributed by atoms with Crippen molar-refractivity contribution in [2.45, 2.75) is 19.0 Å². The minimum atomic E-state index is -1.33. The molecule has 0 fully saturated rings. The Morgan fingerprint density at radius 2 is 1.96 bits per heavy atom. The van der Waals surface area contributed by atoms with Crippen molar-refractivity contribution in [1.82, 2.24) is 5.32 Å². The molecule has 26 heavy (non-hydrogen) atoms. The molecule has 0 saturated heterocycles. The molecule has 134 valence electrons. The quantitative estimate of drug-likeness (QED) is 0.669. The summed E-state index contributed by atoms with van der Waals surface area (Å²) in [5.41, 5.74) is 1.56. The molecule has 0 bridgehead atoms. The number of carbonyl (C=O) groups excluding carboxylic acids is 1. The Morgan fingerprint density at radius 1 is 1.19 bits per heavy atom. The molecule has 3 rings (SSSR count). The van der Waals surface area contributed by atoms with E-state index in [-0.39, 0.29) is 30.2 Å². The predicted molar refractivity (Wildman–Crippen MR) is 93.7 cm³/mol. The van der Waals surface area contributed by atoms with Gasteiger partial charge in [0.2, 0.25) is 5.91 Å². The Labute approximate surface area is 150 Å². The summed E-state index contributed by atoms with van der Waals surface area (Å²) in [5, 5.41) is 21.9. The van der Waals surface area contributed by atoms with Gasteiger partial charge in [-0.3, -0.25) is 4.79 Å². The second kappa shape index (κ2) is 8.03. The molecule has 0 aliphatic carbocycles. The second-order valence-corrected chi connectivity index (χ2v) is 5.96. The van der Waals surface area contributed by atoms with E-state index in [4.69, 9.17) is 9.39 Å². The number of amides is 1. The molecule has 0 aromatic heterocycles. The normalized spacial score (nSPS) is 15.7. The highest BCUT2D eigenvalue weighted by atomic mass is 16.5. The lowest BCUT2D eigenvalue weighted by atomic mass is 9.72. The third-order valence-corrected chi connectivity index (χ3v) is 4.04. The van der Waals surface area contributed by atoms with Gasteiger partial charge < -0.3 is 24.8 Å². The van der Waals surface area contributed by atoms with Crippen LogP contribution in [0.2, 0.25) is 0 Å². The van der Waals surface area contributed by atoms with E-state index in [1.165, 1.54) is 6.07 Å². The molecule has 0 saturated carbocycles. The van der Waals surface area contributed by atoms with Gasteiger partial charge in [0.15, 0.2) is 0 Å². The number of para-hydroxylation sites is 1. The van der Waals surface area contributed by atoms with E-state index in [9.17, 15) is 19.7 Å². The Balaban J connectivity index is 1.56. The Kier molecular flexibility index (Phi) is 5.55. The van der Waals surface area contributed by atoms with Crippen molar-refractivity contribution in [3.8, 4) is 5.75 Å². The number of carboxylic acids is 1. The van der Waals surface area contributed by atoms with Gasteiger partial charge >= 0.3 is 13.1 Å². The van der Waals surface area contributed by atoms with Crippen molar-refractivity contribution in [1.29, 1.82) is 0 Å². The van der Waals surface area contributed by atoms with Gasteiger partial charge in [-0.25, -0.2) is 4.79 Å². The minimum Gasteiger partial charge on any atom is -0.534 e. The average molecular weight is 355 g/mol. The standard InChI is InChI=1S/C18H18BNO6/c21-16(11-25-10-12-5-2-1-3-6-12)20-15-9-13-7-4-8-14(18(22)23)17(13)26-19(15)24/h1-8,15,24H,9-11H2,(H,20,21)(H,22,23)/t15-/m0/s1. The summed E-state index contributed by atoms with van der Waals surface area (Å²) in [7, 11) is -1.33. The van der Waals surface area contributed by atoms with Crippen LogP contribution in [0.4, 0.5) is 0 Å². The van der Waals surface area contributed by atoms with Crippen LogP contribution in [0.15, 0.2) is 48.5 Å². The number of nitrogens with one attached hydrogen (secondary N) is 1. The first-order chi connectivity index (χ1) is 12.5. The molecule has 0 unspecified atom stereocenters. The molecule has 7 nitrogen and oxygen atoms in total. The third kappa shape index (κ3) is 4.22. The van der Waals surface area contributed by atoms with Gasteiger partial charge in [-0.2, -0.15) is 0 Å². The predicted octanol–water partition coefficient (Wildman–Crippen LogP) is 1.04. The van der Waals surface area contributed by atoms with E-state index in [1.54, 1.807) is 12.1 Å². The number of ether oxygens (including phenoxy) is 1. The molecule has 0 spiro atoms. The fourth-order valence-electron chi connectivity index (χ4n) is 2.80. The van der Waals surface area contributed by atoms with Crippen molar-refractivity contribution >= 4 is 19.0 Å². The summed E-state index contributed by atoms with van der Waals surface area (Å²) in [6, 6.07) is 14.2. The number of hydrogen-bond acceptors (Lipinski definition) is 5. The number of aromatic carboxylic acids is 1. The lowest BCUT2D eigenvalue weighted by Gasteiger charge is -2.28. The van der Waals surface area contributed by atoms with E-state index in [2.05, 4.69) is 5.32 Å². The van der Waals surface area contributed by atoms with Gasteiger partial charge in [-0.1, -0.05) is 42.5 Å². The molecule has 3 N–H and O–H groups in total. The molecule has 1 atom stereocenters. The lowest BCUT2D eigenvalue weighted by molar-refractivity contribution is -0.126. The average Bonchev–Trinajstić information content (AvgIpc) is 2.62. The van der Waals surface area contributed by atoms with Gasteiger partial charge in [0.1, 0.15) is 12.4 Å². The van der Waals surface area contributed by atoms with Gasteiger partial charge in [0, 0.05) is 0 Å². The van der Waals surface area contributed by atoms with Gasteiger partial charge in [0.05, 0.1) is 18.1 Å². The number of carbonyl (C=O) groups is 2. The summed E-state index contributed by atoms with van der Waals surface area (Å²) in [6.07, 6.45) is 0.266. The molecule has 2 aromatic carbocycles. The molecule has 0 radical (unpaired) electrons. The Bertz CT molecular complexity index is 798. The van der Waals surface area contributed by atoms with Crippen LogP contribution >= 0.6 is 0 Å². The summed E-state index contributed by atoms with van der Waals surface area (Å²) >= 11 is 0.